The molecule has 0 aromatic heterocycles. The number of allylic oxidation sites excluding steroid dienone is 1. The van der Waals surface area contributed by atoms with Crippen molar-refractivity contribution in [3.05, 3.63) is 16.9 Å². The summed E-state index contributed by atoms with van der Waals surface area (Å²) in [5.74, 6) is -0.539. The molecule has 4 heteroatoms. The molecular weight excluding hydrogens is 110 g/mol. The van der Waals surface area contributed by atoms with Crippen molar-refractivity contribution in [1.29, 1.82) is 0 Å². The number of aliphatic hydroxyl groups excluding tert-OH is 1. The van der Waals surface area contributed by atoms with Crippen molar-refractivity contribution >= 4 is 5.78 Å². The number of hydrogen-bond donors (Lipinski definition) is 1. The minimum absolute atomic E-state index is 0.384. The number of nitrogens with zero attached hydrogens (tertiary/aromatic N) is 1. The van der Waals surface area contributed by atoms with Gasteiger partial charge in [-0.05, 0) is 5.18 Å². The van der Waals surface area contributed by atoms with Gasteiger partial charge in [0.2, 0.25) is 0 Å². The van der Waals surface area contributed by atoms with Gasteiger partial charge < -0.3 is 5.11 Å². The van der Waals surface area contributed by atoms with Crippen LogP contribution in [0.3, 0.4) is 0 Å². The first-order valence-electron chi connectivity index (χ1n) is 1.91. The molecule has 0 heterocycles. The summed E-state index contributed by atoms with van der Waals surface area (Å²) in [6.45, 7) is 1.14. The lowest BCUT2D eigenvalue weighted by Crippen LogP contribution is -1.91. The van der Waals surface area contributed by atoms with Crippen molar-refractivity contribution in [2.75, 3.05) is 0 Å². The Morgan fingerprint density at radius 2 is 2.25 bits per heavy atom. The van der Waals surface area contributed by atoms with E-state index in [1.165, 1.54) is 0 Å². The van der Waals surface area contributed by atoms with E-state index in [0.717, 1.165) is 6.92 Å². The smallest absolute Gasteiger partial charge is 0.184 e. The standard InChI is InChI=1S/C4H5NO3/c1-3(7)4(2-6)5-8/h2,6H,1H3. The average Bonchev–Trinajstić information content (AvgIpc) is 1.69. The van der Waals surface area contributed by atoms with E-state index in [1.54, 1.807) is 0 Å². The quantitative estimate of drug-likeness (QED) is 0.328. The maximum absolute atomic E-state index is 10.1. The van der Waals surface area contributed by atoms with E-state index >= 15 is 0 Å². The van der Waals surface area contributed by atoms with Gasteiger partial charge in [-0.1, -0.05) is 0 Å². The molecule has 0 rings (SSSR count). The normalized spacial score (nSPS) is 10.9. The van der Waals surface area contributed by atoms with Crippen molar-refractivity contribution in [2.45, 2.75) is 6.92 Å². The molecule has 4 nitrogen and oxygen atoms in total. The third kappa shape index (κ3) is 1.51. The van der Waals surface area contributed by atoms with Crippen LogP contribution in [0.5, 0.6) is 0 Å². The number of rotatable bonds is 2. The summed E-state index contributed by atoms with van der Waals surface area (Å²) in [4.78, 5) is 19.6. The number of nitroso groups, excluding NO2 is 1. The summed E-state index contributed by atoms with van der Waals surface area (Å²) in [7, 11) is 0. The molecule has 0 unspecified atom stereocenters. The zero-order valence-electron chi connectivity index (χ0n) is 4.29. The van der Waals surface area contributed by atoms with E-state index in [4.69, 9.17) is 5.11 Å². The van der Waals surface area contributed by atoms with Gasteiger partial charge in [0.15, 0.2) is 11.5 Å². The third-order valence-electron chi connectivity index (χ3n) is 0.581. The molecule has 0 bridgehead atoms. The highest BCUT2D eigenvalue weighted by Gasteiger charge is 2.00. The second-order valence-corrected chi connectivity index (χ2v) is 1.16. The van der Waals surface area contributed by atoms with Gasteiger partial charge in [-0.15, -0.1) is 4.91 Å². The molecule has 0 aliphatic carbocycles. The fraction of sp³-hybridized carbons (Fsp3) is 0.250. The Balaban J connectivity index is 4.13. The fourth-order valence-electron chi connectivity index (χ4n) is 0.179. The van der Waals surface area contributed by atoms with Crippen LogP contribution in [-0.4, -0.2) is 10.9 Å². The lowest BCUT2D eigenvalue weighted by atomic mass is 10.4. The summed E-state index contributed by atoms with van der Waals surface area (Å²) in [6.07, 6.45) is 0.384. The molecule has 0 aliphatic heterocycles. The van der Waals surface area contributed by atoms with Gasteiger partial charge in [0.25, 0.3) is 0 Å². The molecule has 44 valence electrons. The first-order chi connectivity index (χ1) is 3.72. The van der Waals surface area contributed by atoms with E-state index in [-0.39, 0.29) is 0 Å². The number of aliphatic hydroxyl groups is 1. The molecule has 0 aliphatic rings. The van der Waals surface area contributed by atoms with Crippen LogP contribution in [0.2, 0.25) is 0 Å². The van der Waals surface area contributed by atoms with Crippen LogP contribution in [0.4, 0.5) is 0 Å². The summed E-state index contributed by atoms with van der Waals surface area (Å²) < 4.78 is 0. The van der Waals surface area contributed by atoms with Crippen LogP contribution in [0.25, 0.3) is 0 Å². The molecule has 0 amide bonds. The summed E-state index contributed by atoms with van der Waals surface area (Å²) in [5.41, 5.74) is -0.454. The van der Waals surface area contributed by atoms with Crippen LogP contribution in [-0.2, 0) is 4.79 Å². The monoisotopic (exact) mass is 115 g/mol. The van der Waals surface area contributed by atoms with Crippen LogP contribution >= 0.6 is 0 Å². The fourth-order valence-corrected chi connectivity index (χ4v) is 0.179. The Hall–Kier alpha value is -1.19. The van der Waals surface area contributed by atoms with Crippen LogP contribution < -0.4 is 0 Å². The van der Waals surface area contributed by atoms with Crippen molar-refractivity contribution in [3.63, 3.8) is 0 Å². The largest absolute Gasteiger partial charge is 0.513 e. The Morgan fingerprint density at radius 3 is 2.25 bits per heavy atom. The molecule has 0 fully saturated rings. The molecule has 0 atom stereocenters. The zero-order chi connectivity index (χ0) is 6.57. The number of hydrogen-bond acceptors (Lipinski definition) is 4. The molecule has 0 saturated carbocycles. The Labute approximate surface area is 45.8 Å². The van der Waals surface area contributed by atoms with Crippen LogP contribution in [0, 0.1) is 4.91 Å². The summed E-state index contributed by atoms with van der Waals surface area (Å²) in [5, 5.41) is 10.2. The molecule has 0 saturated heterocycles. The predicted molar refractivity (Wildman–Crippen MR) is 27.2 cm³/mol. The third-order valence-corrected chi connectivity index (χ3v) is 0.581. The van der Waals surface area contributed by atoms with E-state index in [9.17, 15) is 9.70 Å². The molecule has 8 heavy (non-hydrogen) atoms. The Morgan fingerprint density at radius 1 is 1.75 bits per heavy atom. The summed E-state index contributed by atoms with van der Waals surface area (Å²) >= 11 is 0. The molecule has 0 spiro atoms. The number of ketones is 1. The second-order valence-electron chi connectivity index (χ2n) is 1.16. The summed E-state index contributed by atoms with van der Waals surface area (Å²) in [6, 6.07) is 0. The van der Waals surface area contributed by atoms with Crippen molar-refractivity contribution in [1.82, 2.24) is 0 Å². The zero-order valence-corrected chi connectivity index (χ0v) is 4.29. The predicted octanol–water partition coefficient (Wildman–Crippen LogP) is 0.741. The Bertz CT molecular complexity index is 138. The number of Topliss-reactive ketones (excluding diaryl/α,β-unsaturated/α-hetero) is 1. The van der Waals surface area contributed by atoms with E-state index in [0.29, 0.717) is 6.26 Å². The molecule has 0 aromatic rings. The first kappa shape index (κ1) is 6.81. The van der Waals surface area contributed by atoms with E-state index in [2.05, 4.69) is 5.18 Å². The van der Waals surface area contributed by atoms with Gasteiger partial charge in [-0.3, -0.25) is 4.79 Å². The Kier molecular flexibility index (Phi) is 2.47. The van der Waals surface area contributed by atoms with Gasteiger partial charge in [0.05, 0.1) is 0 Å². The average molecular weight is 115 g/mol. The maximum Gasteiger partial charge on any atom is 0.184 e. The van der Waals surface area contributed by atoms with Crippen molar-refractivity contribution < 1.29 is 9.90 Å². The highest BCUT2D eigenvalue weighted by atomic mass is 16.3. The molecule has 1 N–H and O–H groups in total. The van der Waals surface area contributed by atoms with Gasteiger partial charge in [-0.2, -0.15) is 0 Å². The lowest BCUT2D eigenvalue weighted by molar-refractivity contribution is -0.113. The first-order valence-corrected chi connectivity index (χ1v) is 1.91. The number of carbonyl (C=O) groups is 1. The van der Waals surface area contributed by atoms with Gasteiger partial charge in [-0.25, -0.2) is 0 Å². The van der Waals surface area contributed by atoms with Gasteiger partial charge >= 0.3 is 0 Å². The molecule has 0 radical (unpaired) electrons. The second kappa shape index (κ2) is 2.90. The van der Waals surface area contributed by atoms with Crippen molar-refractivity contribution in [3.8, 4) is 0 Å². The topological polar surface area (TPSA) is 66.7 Å². The van der Waals surface area contributed by atoms with E-state index < -0.39 is 11.5 Å². The maximum atomic E-state index is 10.1. The van der Waals surface area contributed by atoms with Crippen LogP contribution in [0.15, 0.2) is 17.1 Å². The van der Waals surface area contributed by atoms with Gasteiger partial charge in [0.1, 0.15) is 6.26 Å². The highest BCUT2D eigenvalue weighted by molar-refractivity contribution is 5.92. The van der Waals surface area contributed by atoms with Gasteiger partial charge in [0, 0.05) is 6.92 Å². The van der Waals surface area contributed by atoms with E-state index in [1.807, 2.05) is 0 Å². The lowest BCUT2D eigenvalue weighted by Gasteiger charge is -1.81. The van der Waals surface area contributed by atoms with Crippen LogP contribution in [0.1, 0.15) is 6.92 Å². The minimum atomic E-state index is -0.539. The molecule has 0 aromatic carbocycles. The number of carbonyl (C=O) groups excluding carboxylic acids is 1. The highest BCUT2D eigenvalue weighted by Crippen LogP contribution is 1.93. The minimum Gasteiger partial charge on any atom is -0.513 e. The SMILES string of the molecule is CC(=O)C(=CO)N=O. The van der Waals surface area contributed by atoms with Crippen molar-refractivity contribution in [2.24, 2.45) is 5.18 Å². The molecular formula is C4H5NO3.